The van der Waals surface area contributed by atoms with E-state index in [9.17, 15) is 8.42 Å². The molecule has 0 bridgehead atoms. The molecule has 0 unspecified atom stereocenters. The summed E-state index contributed by atoms with van der Waals surface area (Å²) >= 11 is 5.52. The summed E-state index contributed by atoms with van der Waals surface area (Å²) in [4.78, 5) is 0. The summed E-state index contributed by atoms with van der Waals surface area (Å²) in [6, 6.07) is 0.0565. The average molecular weight is 268 g/mol. The molecule has 1 saturated carbocycles. The van der Waals surface area contributed by atoms with Crippen molar-refractivity contribution in [3.8, 4) is 0 Å². The molecule has 0 heterocycles. The maximum absolute atomic E-state index is 11.8. The highest BCUT2D eigenvalue weighted by Gasteiger charge is 2.65. The van der Waals surface area contributed by atoms with Gasteiger partial charge in [0.1, 0.15) is 0 Å². The van der Waals surface area contributed by atoms with E-state index < -0.39 is 10.0 Å². The molecule has 5 heteroatoms. The van der Waals surface area contributed by atoms with Crippen molar-refractivity contribution in [1.29, 1.82) is 0 Å². The molecule has 0 aliphatic heterocycles. The first kappa shape index (κ1) is 14.3. The first-order valence-electron chi connectivity index (χ1n) is 5.71. The summed E-state index contributed by atoms with van der Waals surface area (Å²) < 4.78 is 26.4. The van der Waals surface area contributed by atoms with Gasteiger partial charge in [-0.1, -0.05) is 27.7 Å². The van der Waals surface area contributed by atoms with Crippen molar-refractivity contribution in [3.63, 3.8) is 0 Å². The van der Waals surface area contributed by atoms with Crippen LogP contribution in [0.25, 0.3) is 0 Å². The highest BCUT2D eigenvalue weighted by atomic mass is 35.5. The van der Waals surface area contributed by atoms with Crippen molar-refractivity contribution in [2.24, 2.45) is 10.8 Å². The number of hydrogen-bond acceptors (Lipinski definition) is 2. The van der Waals surface area contributed by atoms with Gasteiger partial charge in [-0.15, -0.1) is 11.6 Å². The number of sulfonamides is 1. The molecule has 1 fully saturated rings. The first-order chi connectivity index (χ1) is 7.15. The van der Waals surface area contributed by atoms with E-state index in [4.69, 9.17) is 11.6 Å². The zero-order chi connectivity index (χ0) is 12.6. The summed E-state index contributed by atoms with van der Waals surface area (Å²) in [5.41, 5.74) is 0.0963. The number of nitrogens with one attached hydrogen (secondary N) is 1. The predicted octanol–water partition coefficient (Wildman–Crippen LogP) is 2.36. The lowest BCUT2D eigenvalue weighted by molar-refractivity contribution is 0.457. The van der Waals surface area contributed by atoms with E-state index in [1.54, 1.807) is 0 Å². The SMILES string of the molecule is CC1(C)C(NS(=O)(=O)CCCCCl)C1(C)C. The molecule has 0 radical (unpaired) electrons. The Labute approximate surface area is 104 Å². The van der Waals surface area contributed by atoms with Crippen LogP contribution in [0.15, 0.2) is 0 Å². The largest absolute Gasteiger partial charge is 0.212 e. The minimum Gasteiger partial charge on any atom is -0.212 e. The van der Waals surface area contributed by atoms with Crippen molar-refractivity contribution in [2.75, 3.05) is 11.6 Å². The Morgan fingerprint density at radius 3 is 2.00 bits per heavy atom. The van der Waals surface area contributed by atoms with Crippen LogP contribution >= 0.6 is 11.6 Å². The predicted molar refractivity (Wildman–Crippen MR) is 68.2 cm³/mol. The molecule has 0 amide bonds. The zero-order valence-corrected chi connectivity index (χ0v) is 12.1. The Morgan fingerprint density at radius 2 is 1.62 bits per heavy atom. The van der Waals surface area contributed by atoms with Gasteiger partial charge >= 0.3 is 0 Å². The summed E-state index contributed by atoms with van der Waals surface area (Å²) in [5.74, 6) is 0.707. The van der Waals surface area contributed by atoms with Gasteiger partial charge in [-0.2, -0.15) is 0 Å². The summed E-state index contributed by atoms with van der Waals surface area (Å²) in [7, 11) is -3.14. The van der Waals surface area contributed by atoms with Gasteiger partial charge in [-0.3, -0.25) is 0 Å². The number of unbranched alkanes of at least 4 members (excludes halogenated alkanes) is 1. The maximum atomic E-state index is 11.8. The van der Waals surface area contributed by atoms with Gasteiger partial charge in [0, 0.05) is 11.9 Å². The van der Waals surface area contributed by atoms with Gasteiger partial charge in [0.25, 0.3) is 0 Å². The first-order valence-corrected chi connectivity index (χ1v) is 7.90. The molecule has 1 aliphatic rings. The number of alkyl halides is 1. The zero-order valence-electron chi connectivity index (χ0n) is 10.5. The van der Waals surface area contributed by atoms with Crippen LogP contribution in [0, 0.1) is 10.8 Å². The van der Waals surface area contributed by atoms with Crippen LogP contribution in [0.1, 0.15) is 40.5 Å². The van der Waals surface area contributed by atoms with Crippen molar-refractivity contribution in [2.45, 2.75) is 46.6 Å². The number of rotatable bonds is 6. The van der Waals surface area contributed by atoms with Gasteiger partial charge in [-0.05, 0) is 23.7 Å². The Kier molecular flexibility index (Phi) is 3.98. The molecule has 0 atom stereocenters. The fourth-order valence-corrected chi connectivity index (χ4v) is 3.96. The molecule has 1 aliphatic carbocycles. The fraction of sp³-hybridized carbons (Fsp3) is 1.00. The van der Waals surface area contributed by atoms with Gasteiger partial charge in [0.05, 0.1) is 5.75 Å². The molecule has 0 aromatic carbocycles. The normalized spacial score (nSPS) is 23.3. The number of hydrogen-bond donors (Lipinski definition) is 1. The van der Waals surface area contributed by atoms with Crippen LogP contribution in [0.3, 0.4) is 0 Å². The molecule has 0 aromatic rings. The van der Waals surface area contributed by atoms with Crippen molar-refractivity contribution >= 4 is 21.6 Å². The molecule has 0 spiro atoms. The van der Waals surface area contributed by atoms with E-state index in [0.717, 1.165) is 6.42 Å². The average Bonchev–Trinajstić information content (AvgIpc) is 2.48. The smallest absolute Gasteiger partial charge is 0.211 e. The van der Waals surface area contributed by atoms with E-state index in [1.165, 1.54) is 0 Å². The lowest BCUT2D eigenvalue weighted by atomic mass is 10.0. The Balaban J connectivity index is 2.50. The van der Waals surface area contributed by atoms with Crippen molar-refractivity contribution in [1.82, 2.24) is 4.72 Å². The van der Waals surface area contributed by atoms with Crippen molar-refractivity contribution < 1.29 is 8.42 Å². The fourth-order valence-electron chi connectivity index (χ4n) is 2.12. The van der Waals surface area contributed by atoms with E-state index in [1.807, 2.05) is 0 Å². The Hall–Kier alpha value is 0.200. The lowest BCUT2D eigenvalue weighted by Gasteiger charge is -2.07. The monoisotopic (exact) mass is 267 g/mol. The number of halogens is 1. The van der Waals surface area contributed by atoms with Crippen LogP contribution in [-0.4, -0.2) is 26.1 Å². The molecule has 16 heavy (non-hydrogen) atoms. The van der Waals surface area contributed by atoms with Crippen molar-refractivity contribution in [3.05, 3.63) is 0 Å². The quantitative estimate of drug-likeness (QED) is 0.593. The highest BCUT2D eigenvalue weighted by molar-refractivity contribution is 7.89. The third-order valence-corrected chi connectivity index (χ3v) is 5.80. The molecular weight excluding hydrogens is 246 g/mol. The van der Waals surface area contributed by atoms with Gasteiger partial charge in [0.2, 0.25) is 10.0 Å². The maximum Gasteiger partial charge on any atom is 0.211 e. The van der Waals surface area contributed by atoms with Crippen LogP contribution in [0.5, 0.6) is 0 Å². The van der Waals surface area contributed by atoms with Crippen LogP contribution in [-0.2, 0) is 10.0 Å². The summed E-state index contributed by atoms with van der Waals surface area (Å²) in [6.07, 6.45) is 1.38. The molecule has 1 N–H and O–H groups in total. The molecule has 3 nitrogen and oxygen atoms in total. The standard InChI is InChI=1S/C11H22ClNO2S/c1-10(2)9(11(10,3)4)13-16(14,15)8-6-5-7-12/h9,13H,5-8H2,1-4H3. The Bertz CT molecular complexity index is 335. The topological polar surface area (TPSA) is 46.2 Å². The highest BCUT2D eigenvalue weighted by Crippen LogP contribution is 2.62. The molecule has 0 saturated heterocycles. The third kappa shape index (κ3) is 2.71. The van der Waals surface area contributed by atoms with E-state index in [2.05, 4.69) is 32.4 Å². The van der Waals surface area contributed by atoms with Gasteiger partial charge in [0.15, 0.2) is 0 Å². The van der Waals surface area contributed by atoms with Crippen LogP contribution in [0.4, 0.5) is 0 Å². The van der Waals surface area contributed by atoms with Gasteiger partial charge < -0.3 is 0 Å². The minimum absolute atomic E-state index is 0.0482. The van der Waals surface area contributed by atoms with Crippen LogP contribution in [0.2, 0.25) is 0 Å². The minimum atomic E-state index is -3.14. The molecule has 96 valence electrons. The molecular formula is C11H22ClNO2S. The lowest BCUT2D eigenvalue weighted by Crippen LogP contribution is -2.32. The van der Waals surface area contributed by atoms with Gasteiger partial charge in [-0.25, -0.2) is 13.1 Å². The Morgan fingerprint density at radius 1 is 1.12 bits per heavy atom. The molecule has 1 rings (SSSR count). The van der Waals surface area contributed by atoms with E-state index in [0.29, 0.717) is 12.3 Å². The second-order valence-electron chi connectivity index (χ2n) is 5.71. The third-order valence-electron chi connectivity index (χ3n) is 4.11. The van der Waals surface area contributed by atoms with Crippen LogP contribution < -0.4 is 4.72 Å². The summed E-state index contributed by atoms with van der Waals surface area (Å²) in [5, 5.41) is 0. The van der Waals surface area contributed by atoms with E-state index in [-0.39, 0.29) is 22.6 Å². The molecule has 0 aromatic heterocycles. The second kappa shape index (κ2) is 4.46. The summed E-state index contributed by atoms with van der Waals surface area (Å²) in [6.45, 7) is 8.38. The second-order valence-corrected chi connectivity index (χ2v) is 7.96. The van der Waals surface area contributed by atoms with E-state index >= 15 is 0 Å².